The normalized spacial score (nSPS) is 10.3. The lowest BCUT2D eigenvalue weighted by Crippen LogP contribution is -2.12. The van der Waals surface area contributed by atoms with Gasteiger partial charge in [-0.25, -0.2) is 0 Å². The van der Waals surface area contributed by atoms with Crippen LogP contribution in [0.25, 0.3) is 0 Å². The largest absolute Gasteiger partial charge is 0.364 e. The van der Waals surface area contributed by atoms with E-state index in [1.165, 1.54) is 5.56 Å². The standard InChI is InChI=1S/C12H13N3O/c1-9-2-4-10(5-3-9)8-15-7-6-11(14-15)12(13)16/h2-7H,8H2,1H3,(H2,13,16). The molecule has 82 valence electrons. The van der Waals surface area contributed by atoms with Crippen molar-refractivity contribution >= 4 is 5.91 Å². The van der Waals surface area contributed by atoms with E-state index in [1.54, 1.807) is 16.9 Å². The molecule has 0 atom stereocenters. The Hall–Kier alpha value is -2.10. The highest BCUT2D eigenvalue weighted by Gasteiger charge is 2.04. The van der Waals surface area contributed by atoms with Gasteiger partial charge < -0.3 is 5.73 Å². The molecule has 0 aliphatic carbocycles. The molecule has 1 heterocycles. The van der Waals surface area contributed by atoms with E-state index in [0.717, 1.165) is 5.56 Å². The van der Waals surface area contributed by atoms with Crippen LogP contribution in [0.15, 0.2) is 36.5 Å². The van der Waals surface area contributed by atoms with Crippen molar-refractivity contribution in [1.82, 2.24) is 9.78 Å². The molecule has 1 amide bonds. The summed E-state index contributed by atoms with van der Waals surface area (Å²) in [5.74, 6) is -0.498. The highest BCUT2D eigenvalue weighted by atomic mass is 16.1. The Morgan fingerprint density at radius 1 is 1.31 bits per heavy atom. The average Bonchev–Trinajstić information content (AvgIpc) is 2.70. The molecule has 2 N–H and O–H groups in total. The van der Waals surface area contributed by atoms with Crippen LogP contribution in [0.3, 0.4) is 0 Å². The van der Waals surface area contributed by atoms with E-state index in [1.807, 2.05) is 31.2 Å². The Morgan fingerprint density at radius 3 is 2.56 bits per heavy atom. The lowest BCUT2D eigenvalue weighted by molar-refractivity contribution is 0.0995. The number of nitrogens with zero attached hydrogens (tertiary/aromatic N) is 2. The highest BCUT2D eigenvalue weighted by Crippen LogP contribution is 2.05. The number of aromatic nitrogens is 2. The lowest BCUT2D eigenvalue weighted by atomic mass is 10.1. The van der Waals surface area contributed by atoms with E-state index < -0.39 is 5.91 Å². The van der Waals surface area contributed by atoms with Crippen LogP contribution in [0.4, 0.5) is 0 Å². The fourth-order valence-electron chi connectivity index (χ4n) is 1.46. The van der Waals surface area contributed by atoms with Crippen LogP contribution in [0.2, 0.25) is 0 Å². The number of amides is 1. The summed E-state index contributed by atoms with van der Waals surface area (Å²) in [6.07, 6.45) is 1.75. The van der Waals surface area contributed by atoms with E-state index in [4.69, 9.17) is 5.73 Å². The van der Waals surface area contributed by atoms with E-state index in [2.05, 4.69) is 5.10 Å². The SMILES string of the molecule is Cc1ccc(Cn2ccc(C(N)=O)n2)cc1. The van der Waals surface area contributed by atoms with Gasteiger partial charge in [-0.3, -0.25) is 9.48 Å². The van der Waals surface area contributed by atoms with Crippen molar-refractivity contribution in [3.05, 3.63) is 53.3 Å². The fraction of sp³-hybridized carbons (Fsp3) is 0.167. The minimum absolute atomic E-state index is 0.298. The molecule has 0 aliphatic heterocycles. The first-order valence-corrected chi connectivity index (χ1v) is 5.04. The third-order valence-electron chi connectivity index (χ3n) is 2.36. The monoisotopic (exact) mass is 215 g/mol. The summed E-state index contributed by atoms with van der Waals surface area (Å²) >= 11 is 0. The molecule has 1 aromatic carbocycles. The van der Waals surface area contributed by atoms with Gasteiger partial charge in [0.25, 0.3) is 5.91 Å². The molecule has 4 nitrogen and oxygen atoms in total. The van der Waals surface area contributed by atoms with Crippen molar-refractivity contribution in [2.24, 2.45) is 5.73 Å². The third kappa shape index (κ3) is 2.28. The first-order chi connectivity index (χ1) is 7.65. The Labute approximate surface area is 93.7 Å². The van der Waals surface area contributed by atoms with Gasteiger partial charge in [0.1, 0.15) is 5.69 Å². The topological polar surface area (TPSA) is 60.9 Å². The molecule has 2 aromatic rings. The van der Waals surface area contributed by atoms with Crippen LogP contribution in [0.1, 0.15) is 21.6 Å². The summed E-state index contributed by atoms with van der Waals surface area (Å²) in [4.78, 5) is 10.9. The lowest BCUT2D eigenvalue weighted by Gasteiger charge is -2.02. The van der Waals surface area contributed by atoms with Crippen molar-refractivity contribution in [1.29, 1.82) is 0 Å². The molecule has 0 aliphatic rings. The number of hydrogen-bond acceptors (Lipinski definition) is 2. The first-order valence-electron chi connectivity index (χ1n) is 5.04. The molecular formula is C12H13N3O. The third-order valence-corrected chi connectivity index (χ3v) is 2.36. The number of carbonyl (C=O) groups excluding carboxylic acids is 1. The molecule has 0 fully saturated rings. The number of aryl methyl sites for hydroxylation is 1. The van der Waals surface area contributed by atoms with Crippen molar-refractivity contribution in [3.63, 3.8) is 0 Å². The molecule has 0 unspecified atom stereocenters. The number of primary amides is 1. The molecule has 2 rings (SSSR count). The second-order valence-electron chi connectivity index (χ2n) is 3.75. The van der Waals surface area contributed by atoms with Gasteiger partial charge in [-0.15, -0.1) is 0 Å². The minimum atomic E-state index is -0.498. The first kappa shape index (κ1) is 10.4. The molecule has 0 spiro atoms. The van der Waals surface area contributed by atoms with Crippen LogP contribution in [-0.4, -0.2) is 15.7 Å². The van der Waals surface area contributed by atoms with Gasteiger partial charge in [0.05, 0.1) is 6.54 Å². The van der Waals surface area contributed by atoms with Crippen LogP contribution in [0, 0.1) is 6.92 Å². The Balaban J connectivity index is 2.14. The fourth-order valence-corrected chi connectivity index (χ4v) is 1.46. The molecule has 4 heteroatoms. The Morgan fingerprint density at radius 2 is 2.00 bits per heavy atom. The summed E-state index contributed by atoms with van der Waals surface area (Å²) in [7, 11) is 0. The van der Waals surface area contributed by atoms with Crippen molar-refractivity contribution in [3.8, 4) is 0 Å². The van der Waals surface area contributed by atoms with E-state index >= 15 is 0 Å². The Kier molecular flexibility index (Phi) is 2.72. The minimum Gasteiger partial charge on any atom is -0.364 e. The van der Waals surface area contributed by atoms with Crippen LogP contribution >= 0.6 is 0 Å². The quantitative estimate of drug-likeness (QED) is 0.839. The second kappa shape index (κ2) is 4.18. The van der Waals surface area contributed by atoms with Crippen LogP contribution in [-0.2, 0) is 6.54 Å². The van der Waals surface area contributed by atoms with Gasteiger partial charge in [0, 0.05) is 6.20 Å². The Bertz CT molecular complexity index is 499. The highest BCUT2D eigenvalue weighted by molar-refractivity contribution is 5.90. The molecule has 16 heavy (non-hydrogen) atoms. The molecule has 1 aromatic heterocycles. The van der Waals surface area contributed by atoms with Gasteiger partial charge >= 0.3 is 0 Å². The number of benzene rings is 1. The van der Waals surface area contributed by atoms with Crippen LogP contribution in [0.5, 0.6) is 0 Å². The van der Waals surface area contributed by atoms with E-state index in [9.17, 15) is 4.79 Å². The van der Waals surface area contributed by atoms with E-state index in [0.29, 0.717) is 12.2 Å². The maximum absolute atomic E-state index is 10.9. The predicted octanol–water partition coefficient (Wildman–Crippen LogP) is 1.34. The van der Waals surface area contributed by atoms with Gasteiger partial charge in [-0.1, -0.05) is 29.8 Å². The van der Waals surface area contributed by atoms with Crippen molar-refractivity contribution < 1.29 is 4.79 Å². The summed E-state index contributed by atoms with van der Waals surface area (Å²) in [6, 6.07) is 9.81. The van der Waals surface area contributed by atoms with E-state index in [-0.39, 0.29) is 0 Å². The molecule has 0 radical (unpaired) electrons. The summed E-state index contributed by atoms with van der Waals surface area (Å²) < 4.78 is 1.70. The van der Waals surface area contributed by atoms with Gasteiger partial charge in [-0.2, -0.15) is 5.10 Å². The van der Waals surface area contributed by atoms with Crippen LogP contribution < -0.4 is 5.73 Å². The number of carbonyl (C=O) groups is 1. The maximum atomic E-state index is 10.9. The molecule has 0 saturated heterocycles. The summed E-state index contributed by atoms with van der Waals surface area (Å²) in [5, 5.41) is 4.07. The zero-order valence-corrected chi connectivity index (χ0v) is 9.05. The van der Waals surface area contributed by atoms with Crippen molar-refractivity contribution in [2.75, 3.05) is 0 Å². The maximum Gasteiger partial charge on any atom is 0.269 e. The van der Waals surface area contributed by atoms with Gasteiger partial charge in [-0.05, 0) is 18.6 Å². The molecular weight excluding hydrogens is 202 g/mol. The predicted molar refractivity (Wildman–Crippen MR) is 61.0 cm³/mol. The number of hydrogen-bond donors (Lipinski definition) is 1. The van der Waals surface area contributed by atoms with Gasteiger partial charge in [0.2, 0.25) is 0 Å². The van der Waals surface area contributed by atoms with Crippen molar-refractivity contribution in [2.45, 2.75) is 13.5 Å². The summed E-state index contributed by atoms with van der Waals surface area (Å²) in [5.41, 5.74) is 7.79. The summed E-state index contributed by atoms with van der Waals surface area (Å²) in [6.45, 7) is 2.69. The molecule has 0 saturated carbocycles. The smallest absolute Gasteiger partial charge is 0.269 e. The second-order valence-corrected chi connectivity index (χ2v) is 3.75. The number of nitrogens with two attached hydrogens (primary N) is 1. The molecule has 0 bridgehead atoms. The number of rotatable bonds is 3. The zero-order valence-electron chi connectivity index (χ0n) is 9.05. The van der Waals surface area contributed by atoms with Gasteiger partial charge in [0.15, 0.2) is 0 Å². The zero-order chi connectivity index (χ0) is 11.5. The average molecular weight is 215 g/mol.